The molecule has 1 aliphatic rings. The Bertz CT molecular complexity index is 850. The average molecular weight is 507 g/mol. The number of hydrogen-bond donors (Lipinski definition) is 0. The summed E-state index contributed by atoms with van der Waals surface area (Å²) in [7, 11) is 0. The Kier molecular flexibility index (Phi) is 13.9. The van der Waals surface area contributed by atoms with E-state index in [0.717, 1.165) is 49.9 Å². The Hall–Kier alpha value is -2.10. The third-order valence-corrected chi connectivity index (χ3v) is 7.66. The van der Waals surface area contributed by atoms with E-state index in [0.29, 0.717) is 5.92 Å². The molecule has 0 saturated carbocycles. The molecule has 0 unspecified atom stereocenters. The molecular weight excluding hydrogens is 456 g/mol. The molecule has 1 aliphatic heterocycles. The van der Waals surface area contributed by atoms with Crippen LogP contribution in [0.5, 0.6) is 5.75 Å². The lowest BCUT2D eigenvalue weighted by Crippen LogP contribution is -2.27. The summed E-state index contributed by atoms with van der Waals surface area (Å²) in [6.07, 6.45) is 17.1. The van der Waals surface area contributed by atoms with Gasteiger partial charge in [-0.25, -0.2) is 0 Å². The largest absolute Gasteiger partial charge is 0.494 e. The van der Waals surface area contributed by atoms with E-state index in [9.17, 15) is 0 Å². The molecule has 0 radical (unpaired) electrons. The molecule has 1 atom stereocenters. The zero-order valence-electron chi connectivity index (χ0n) is 23.5. The lowest BCUT2D eigenvalue weighted by molar-refractivity contribution is -0.206. The maximum Gasteiger partial charge on any atom is 0.183 e. The van der Waals surface area contributed by atoms with Crippen LogP contribution in [0.4, 0.5) is 0 Å². The van der Waals surface area contributed by atoms with Crippen LogP contribution < -0.4 is 4.74 Å². The second-order valence-corrected chi connectivity index (χ2v) is 10.9. The van der Waals surface area contributed by atoms with Gasteiger partial charge in [-0.05, 0) is 61.3 Å². The highest BCUT2D eigenvalue weighted by molar-refractivity contribution is 5.64. The molecule has 1 heterocycles. The Morgan fingerprint density at radius 1 is 0.838 bits per heavy atom. The van der Waals surface area contributed by atoms with Crippen molar-refractivity contribution >= 4 is 0 Å². The number of ether oxygens (including phenoxy) is 3. The Morgan fingerprint density at radius 3 is 2.05 bits per heavy atom. The molecule has 204 valence electrons. The van der Waals surface area contributed by atoms with E-state index in [1.165, 1.54) is 75.3 Å². The predicted octanol–water partition coefficient (Wildman–Crippen LogP) is 9.92. The predicted molar refractivity (Wildman–Crippen MR) is 156 cm³/mol. The van der Waals surface area contributed by atoms with Crippen LogP contribution in [0.15, 0.2) is 61.2 Å². The molecule has 3 heteroatoms. The van der Waals surface area contributed by atoms with Crippen molar-refractivity contribution in [3.8, 4) is 16.9 Å². The van der Waals surface area contributed by atoms with Gasteiger partial charge in [-0.2, -0.15) is 0 Å². The minimum atomic E-state index is -0.243. The van der Waals surface area contributed by atoms with Crippen molar-refractivity contribution < 1.29 is 14.2 Å². The van der Waals surface area contributed by atoms with Gasteiger partial charge in [0, 0.05) is 11.5 Å². The van der Waals surface area contributed by atoms with E-state index < -0.39 is 0 Å². The SMILES string of the molecule is C=CCCCCCCCCC[C@H]1CO[C@H](c2ccc(-c3ccc(OCCC[C@@H](C)CC)cc3)cc2)OC1. The lowest BCUT2D eigenvalue weighted by Gasteiger charge is -2.29. The molecule has 1 fully saturated rings. The van der Waals surface area contributed by atoms with E-state index in [1.54, 1.807) is 0 Å². The van der Waals surface area contributed by atoms with Crippen LogP contribution in [0.2, 0.25) is 0 Å². The number of allylic oxidation sites excluding steroid dienone is 1. The molecule has 0 aromatic heterocycles. The second kappa shape index (κ2) is 17.4. The van der Waals surface area contributed by atoms with Crippen LogP contribution in [0.1, 0.15) is 103 Å². The molecule has 0 aliphatic carbocycles. The first-order valence-corrected chi connectivity index (χ1v) is 14.9. The van der Waals surface area contributed by atoms with E-state index in [2.05, 4.69) is 69.0 Å². The molecule has 0 amide bonds. The lowest BCUT2D eigenvalue weighted by atomic mass is 10.00. The molecule has 37 heavy (non-hydrogen) atoms. The molecule has 1 saturated heterocycles. The number of rotatable bonds is 18. The minimum Gasteiger partial charge on any atom is -0.494 e. The number of hydrogen-bond acceptors (Lipinski definition) is 3. The van der Waals surface area contributed by atoms with Crippen LogP contribution in [0, 0.1) is 11.8 Å². The molecular formula is C34H50O3. The summed E-state index contributed by atoms with van der Waals surface area (Å²) in [4.78, 5) is 0. The maximum absolute atomic E-state index is 6.09. The van der Waals surface area contributed by atoms with Crippen LogP contribution in [-0.4, -0.2) is 19.8 Å². The summed E-state index contributed by atoms with van der Waals surface area (Å²) >= 11 is 0. The van der Waals surface area contributed by atoms with E-state index in [-0.39, 0.29) is 6.29 Å². The van der Waals surface area contributed by atoms with Gasteiger partial charge in [-0.3, -0.25) is 0 Å². The van der Waals surface area contributed by atoms with Crippen molar-refractivity contribution in [1.29, 1.82) is 0 Å². The van der Waals surface area contributed by atoms with Gasteiger partial charge in [0.15, 0.2) is 6.29 Å². The zero-order valence-corrected chi connectivity index (χ0v) is 23.5. The van der Waals surface area contributed by atoms with E-state index in [1.807, 2.05) is 6.08 Å². The molecule has 2 aromatic rings. The zero-order chi connectivity index (χ0) is 26.1. The average Bonchev–Trinajstić information content (AvgIpc) is 2.95. The van der Waals surface area contributed by atoms with Gasteiger partial charge >= 0.3 is 0 Å². The normalized spacial score (nSPS) is 18.4. The summed E-state index contributed by atoms with van der Waals surface area (Å²) in [6, 6.07) is 17.0. The molecule has 3 nitrogen and oxygen atoms in total. The first-order valence-electron chi connectivity index (χ1n) is 14.9. The van der Waals surface area contributed by atoms with Gasteiger partial charge in [0.1, 0.15) is 5.75 Å². The highest BCUT2D eigenvalue weighted by Gasteiger charge is 2.23. The minimum absolute atomic E-state index is 0.243. The van der Waals surface area contributed by atoms with Crippen molar-refractivity contribution in [2.75, 3.05) is 19.8 Å². The fourth-order valence-electron chi connectivity index (χ4n) is 4.91. The van der Waals surface area contributed by atoms with Gasteiger partial charge in [0.2, 0.25) is 0 Å². The standard InChI is InChI=1S/C34H50O3/c1-4-6-7-8-9-10-11-12-13-16-29-26-36-34(37-27-29)32-19-17-30(18-20-32)31-21-23-33(24-22-31)35-25-14-15-28(3)5-2/h4,17-24,28-29,34H,1,5-16,25-27H2,2-3H3/t28-,29-,34-/m0/s1. The van der Waals surface area contributed by atoms with E-state index >= 15 is 0 Å². The van der Waals surface area contributed by atoms with Crippen LogP contribution in [-0.2, 0) is 9.47 Å². The smallest absolute Gasteiger partial charge is 0.183 e. The van der Waals surface area contributed by atoms with Crippen molar-refractivity contribution in [2.24, 2.45) is 11.8 Å². The summed E-state index contributed by atoms with van der Waals surface area (Å²) in [6.45, 7) is 10.7. The summed E-state index contributed by atoms with van der Waals surface area (Å²) in [5.74, 6) is 2.25. The quantitative estimate of drug-likeness (QED) is 0.149. The van der Waals surface area contributed by atoms with Gasteiger partial charge in [-0.1, -0.05) is 101 Å². The van der Waals surface area contributed by atoms with Gasteiger partial charge in [-0.15, -0.1) is 6.58 Å². The highest BCUT2D eigenvalue weighted by atomic mass is 16.7. The maximum atomic E-state index is 6.09. The highest BCUT2D eigenvalue weighted by Crippen LogP contribution is 2.30. The third kappa shape index (κ3) is 11.0. The number of benzene rings is 2. The monoisotopic (exact) mass is 506 g/mol. The van der Waals surface area contributed by atoms with Gasteiger partial charge in [0.25, 0.3) is 0 Å². The van der Waals surface area contributed by atoms with Crippen molar-refractivity contribution in [1.82, 2.24) is 0 Å². The molecule has 2 aromatic carbocycles. The Balaban J connectivity index is 1.32. The topological polar surface area (TPSA) is 27.7 Å². The van der Waals surface area contributed by atoms with Crippen LogP contribution >= 0.6 is 0 Å². The van der Waals surface area contributed by atoms with Crippen LogP contribution in [0.25, 0.3) is 11.1 Å². The Morgan fingerprint density at radius 2 is 1.43 bits per heavy atom. The fraction of sp³-hybridized carbons (Fsp3) is 0.588. The Labute approximate surface area is 226 Å². The molecule has 0 bridgehead atoms. The summed E-state index contributed by atoms with van der Waals surface area (Å²) in [5.41, 5.74) is 3.49. The van der Waals surface area contributed by atoms with Gasteiger partial charge < -0.3 is 14.2 Å². The summed E-state index contributed by atoms with van der Waals surface area (Å²) in [5, 5.41) is 0. The molecule has 0 spiro atoms. The van der Waals surface area contributed by atoms with E-state index in [4.69, 9.17) is 14.2 Å². The first-order chi connectivity index (χ1) is 18.2. The third-order valence-electron chi connectivity index (χ3n) is 7.66. The molecule has 3 rings (SSSR count). The first kappa shape index (κ1) is 29.5. The van der Waals surface area contributed by atoms with Crippen molar-refractivity contribution in [2.45, 2.75) is 97.2 Å². The molecule has 0 N–H and O–H groups in total. The second-order valence-electron chi connectivity index (χ2n) is 10.9. The van der Waals surface area contributed by atoms with Gasteiger partial charge in [0.05, 0.1) is 19.8 Å². The fourth-order valence-corrected chi connectivity index (χ4v) is 4.91. The number of unbranched alkanes of at least 4 members (excludes halogenated alkanes) is 7. The summed E-state index contributed by atoms with van der Waals surface area (Å²) < 4.78 is 18.1. The van der Waals surface area contributed by atoms with Crippen LogP contribution in [0.3, 0.4) is 0 Å². The van der Waals surface area contributed by atoms with Crippen molar-refractivity contribution in [3.63, 3.8) is 0 Å². The van der Waals surface area contributed by atoms with Crippen molar-refractivity contribution in [3.05, 3.63) is 66.7 Å².